The number of nitrogens with one attached hydrogen (secondary N) is 1. The van der Waals surface area contributed by atoms with Crippen LogP contribution in [-0.4, -0.2) is 16.7 Å². The largest absolute Gasteiger partial charge is 0.497 e. The fraction of sp³-hybridized carbons (Fsp3) is 0.400. The van der Waals surface area contributed by atoms with Crippen LogP contribution in [0.2, 0.25) is 0 Å². The summed E-state index contributed by atoms with van der Waals surface area (Å²) in [4.78, 5) is 4.20. The maximum Gasteiger partial charge on any atom is 0.118 e. The average molecular weight is 259 g/mol. The van der Waals surface area contributed by atoms with Crippen molar-refractivity contribution in [1.29, 1.82) is 0 Å². The van der Waals surface area contributed by atoms with Gasteiger partial charge in [-0.15, -0.1) is 0 Å². The molecule has 4 heteroatoms. The minimum atomic E-state index is 0.445. The third-order valence-electron chi connectivity index (χ3n) is 3.10. The number of benzene rings is 1. The van der Waals surface area contributed by atoms with Gasteiger partial charge in [0.15, 0.2) is 0 Å². The van der Waals surface area contributed by atoms with Crippen LogP contribution in [-0.2, 0) is 13.1 Å². The standard InChI is InChI=1S/C15H21N3O/c1-12(2)18-11-17-10-14(18)9-16-8-13-4-6-15(19-3)7-5-13/h4-7,10-12,16H,8-9H2,1-3H3. The molecule has 0 unspecified atom stereocenters. The van der Waals surface area contributed by atoms with Gasteiger partial charge in [0.05, 0.1) is 19.1 Å². The Labute approximate surface area is 114 Å². The molecule has 19 heavy (non-hydrogen) atoms. The van der Waals surface area contributed by atoms with E-state index in [1.807, 2.05) is 24.7 Å². The smallest absolute Gasteiger partial charge is 0.118 e. The van der Waals surface area contributed by atoms with Crippen molar-refractivity contribution in [2.24, 2.45) is 0 Å². The molecule has 0 spiro atoms. The molecular weight excluding hydrogens is 238 g/mol. The highest BCUT2D eigenvalue weighted by Crippen LogP contribution is 2.12. The molecule has 1 aromatic heterocycles. The maximum atomic E-state index is 5.14. The zero-order valence-corrected chi connectivity index (χ0v) is 11.8. The van der Waals surface area contributed by atoms with Gasteiger partial charge in [-0.3, -0.25) is 0 Å². The Hall–Kier alpha value is -1.81. The molecule has 0 saturated heterocycles. The highest BCUT2D eigenvalue weighted by atomic mass is 16.5. The Morgan fingerprint density at radius 1 is 1.21 bits per heavy atom. The van der Waals surface area contributed by atoms with E-state index >= 15 is 0 Å². The molecule has 4 nitrogen and oxygen atoms in total. The van der Waals surface area contributed by atoms with Gasteiger partial charge in [0.2, 0.25) is 0 Å². The molecule has 2 aromatic rings. The van der Waals surface area contributed by atoms with Gasteiger partial charge in [-0.1, -0.05) is 12.1 Å². The second-order valence-corrected chi connectivity index (χ2v) is 4.84. The van der Waals surface area contributed by atoms with Crippen LogP contribution in [0.3, 0.4) is 0 Å². The Kier molecular flexibility index (Phi) is 4.58. The summed E-state index contributed by atoms with van der Waals surface area (Å²) in [6.07, 6.45) is 3.80. The van der Waals surface area contributed by atoms with Crippen LogP contribution >= 0.6 is 0 Å². The van der Waals surface area contributed by atoms with Gasteiger partial charge < -0.3 is 14.6 Å². The summed E-state index contributed by atoms with van der Waals surface area (Å²) in [6.45, 7) is 5.99. The molecular formula is C15H21N3O. The molecule has 0 aliphatic rings. The van der Waals surface area contributed by atoms with Crippen LogP contribution in [0.5, 0.6) is 5.75 Å². The molecule has 1 heterocycles. The van der Waals surface area contributed by atoms with Gasteiger partial charge in [-0.25, -0.2) is 4.98 Å². The van der Waals surface area contributed by atoms with Gasteiger partial charge in [-0.2, -0.15) is 0 Å². The number of aromatic nitrogens is 2. The van der Waals surface area contributed by atoms with E-state index in [2.05, 4.69) is 40.8 Å². The molecule has 1 N–H and O–H groups in total. The first kappa shape index (κ1) is 13.6. The molecule has 0 bridgehead atoms. The number of rotatable bonds is 6. The van der Waals surface area contributed by atoms with E-state index < -0.39 is 0 Å². The minimum absolute atomic E-state index is 0.445. The van der Waals surface area contributed by atoms with Crippen LogP contribution in [0, 0.1) is 0 Å². The molecule has 0 amide bonds. The number of hydrogen-bond acceptors (Lipinski definition) is 3. The predicted molar refractivity (Wildman–Crippen MR) is 76.1 cm³/mol. The minimum Gasteiger partial charge on any atom is -0.497 e. The molecule has 1 aromatic carbocycles. The van der Waals surface area contributed by atoms with Crippen molar-refractivity contribution in [2.75, 3.05) is 7.11 Å². The lowest BCUT2D eigenvalue weighted by molar-refractivity contribution is 0.414. The first-order valence-corrected chi connectivity index (χ1v) is 6.55. The normalized spacial score (nSPS) is 10.9. The Morgan fingerprint density at radius 3 is 2.58 bits per heavy atom. The lowest BCUT2D eigenvalue weighted by Crippen LogP contribution is -2.16. The van der Waals surface area contributed by atoms with E-state index in [4.69, 9.17) is 4.74 Å². The lowest BCUT2D eigenvalue weighted by Gasteiger charge is -2.12. The monoisotopic (exact) mass is 259 g/mol. The van der Waals surface area contributed by atoms with Gasteiger partial charge in [-0.05, 0) is 31.5 Å². The number of imidazole rings is 1. The van der Waals surface area contributed by atoms with E-state index in [0.29, 0.717) is 6.04 Å². The summed E-state index contributed by atoms with van der Waals surface area (Å²) < 4.78 is 7.32. The molecule has 102 valence electrons. The fourth-order valence-corrected chi connectivity index (χ4v) is 2.01. The summed E-state index contributed by atoms with van der Waals surface area (Å²) in [6, 6.07) is 8.56. The predicted octanol–water partition coefficient (Wildman–Crippen LogP) is 2.76. The van der Waals surface area contributed by atoms with Crippen molar-refractivity contribution < 1.29 is 4.74 Å². The van der Waals surface area contributed by atoms with Crippen molar-refractivity contribution in [3.8, 4) is 5.75 Å². The maximum absolute atomic E-state index is 5.14. The fourth-order valence-electron chi connectivity index (χ4n) is 2.01. The van der Waals surface area contributed by atoms with Crippen molar-refractivity contribution >= 4 is 0 Å². The van der Waals surface area contributed by atoms with E-state index in [9.17, 15) is 0 Å². The van der Waals surface area contributed by atoms with Crippen LogP contribution in [0.15, 0.2) is 36.8 Å². The van der Waals surface area contributed by atoms with Crippen molar-refractivity contribution in [3.63, 3.8) is 0 Å². The number of methoxy groups -OCH3 is 1. The van der Waals surface area contributed by atoms with Crippen molar-refractivity contribution in [2.45, 2.75) is 33.0 Å². The Balaban J connectivity index is 1.87. The third-order valence-corrected chi connectivity index (χ3v) is 3.10. The van der Waals surface area contributed by atoms with Crippen LogP contribution in [0.4, 0.5) is 0 Å². The van der Waals surface area contributed by atoms with E-state index in [1.165, 1.54) is 11.3 Å². The summed E-state index contributed by atoms with van der Waals surface area (Å²) in [5.41, 5.74) is 2.46. The van der Waals surface area contributed by atoms with E-state index in [0.717, 1.165) is 18.8 Å². The second kappa shape index (κ2) is 6.38. The molecule has 2 rings (SSSR count). The second-order valence-electron chi connectivity index (χ2n) is 4.84. The van der Waals surface area contributed by atoms with Crippen LogP contribution < -0.4 is 10.1 Å². The molecule has 0 radical (unpaired) electrons. The lowest BCUT2D eigenvalue weighted by atomic mass is 10.2. The van der Waals surface area contributed by atoms with Crippen LogP contribution in [0.1, 0.15) is 31.1 Å². The first-order chi connectivity index (χ1) is 9.20. The molecule has 0 saturated carbocycles. The van der Waals surface area contributed by atoms with Crippen molar-refractivity contribution in [3.05, 3.63) is 48.0 Å². The zero-order chi connectivity index (χ0) is 13.7. The summed E-state index contributed by atoms with van der Waals surface area (Å²) >= 11 is 0. The highest BCUT2D eigenvalue weighted by Gasteiger charge is 2.04. The molecule has 0 aliphatic heterocycles. The van der Waals surface area contributed by atoms with Gasteiger partial charge in [0, 0.05) is 25.3 Å². The molecule has 0 atom stereocenters. The summed E-state index contributed by atoms with van der Waals surface area (Å²) in [5, 5.41) is 3.44. The number of ether oxygens (including phenoxy) is 1. The first-order valence-electron chi connectivity index (χ1n) is 6.55. The Bertz CT molecular complexity index is 502. The Morgan fingerprint density at radius 2 is 1.95 bits per heavy atom. The zero-order valence-electron chi connectivity index (χ0n) is 11.8. The highest BCUT2D eigenvalue weighted by molar-refractivity contribution is 5.27. The SMILES string of the molecule is COc1ccc(CNCc2cncn2C(C)C)cc1. The summed E-state index contributed by atoms with van der Waals surface area (Å²) in [5.74, 6) is 0.890. The topological polar surface area (TPSA) is 39.1 Å². The van der Waals surface area contributed by atoms with Gasteiger partial charge in [0.25, 0.3) is 0 Å². The third kappa shape index (κ3) is 3.58. The van der Waals surface area contributed by atoms with E-state index in [1.54, 1.807) is 7.11 Å². The van der Waals surface area contributed by atoms with Crippen molar-refractivity contribution in [1.82, 2.24) is 14.9 Å². The number of hydrogen-bond donors (Lipinski definition) is 1. The van der Waals surface area contributed by atoms with Gasteiger partial charge >= 0.3 is 0 Å². The van der Waals surface area contributed by atoms with Gasteiger partial charge in [0.1, 0.15) is 5.75 Å². The summed E-state index contributed by atoms with van der Waals surface area (Å²) in [7, 11) is 1.68. The number of nitrogens with zero attached hydrogens (tertiary/aromatic N) is 2. The molecule has 0 aliphatic carbocycles. The van der Waals surface area contributed by atoms with Crippen LogP contribution in [0.25, 0.3) is 0 Å². The van der Waals surface area contributed by atoms with E-state index in [-0.39, 0.29) is 0 Å². The quantitative estimate of drug-likeness (QED) is 0.867. The average Bonchev–Trinajstić information content (AvgIpc) is 2.88. The molecule has 0 fully saturated rings.